The van der Waals surface area contributed by atoms with Gasteiger partial charge < -0.3 is 14.6 Å². The van der Waals surface area contributed by atoms with E-state index >= 15 is 0 Å². The minimum atomic E-state index is -0.563. The van der Waals surface area contributed by atoms with E-state index in [-0.39, 0.29) is 5.91 Å². The Morgan fingerprint density at radius 1 is 1.11 bits per heavy atom. The van der Waals surface area contributed by atoms with Crippen LogP contribution in [0.4, 0.5) is 11.4 Å². The average Bonchev–Trinajstić information content (AvgIpc) is 3.23. The summed E-state index contributed by atoms with van der Waals surface area (Å²) in [7, 11) is 0. The monoisotopic (exact) mass is 377 g/mol. The summed E-state index contributed by atoms with van der Waals surface area (Å²) in [5, 5.41) is 11.7. The Kier molecular flexibility index (Phi) is 4.82. The van der Waals surface area contributed by atoms with Crippen molar-refractivity contribution in [2.75, 3.05) is 10.2 Å². The fraction of sp³-hybridized carbons (Fsp3) is 0.143. The van der Waals surface area contributed by atoms with E-state index in [1.165, 1.54) is 0 Å². The molecule has 142 valence electrons. The molecule has 0 bridgehead atoms. The van der Waals surface area contributed by atoms with Crippen LogP contribution in [-0.4, -0.2) is 23.1 Å². The largest absolute Gasteiger partial charge is 0.472 e. The summed E-state index contributed by atoms with van der Waals surface area (Å²) in [4.78, 5) is 26.4. The molecule has 1 aliphatic rings. The molecular weight excluding hydrogens is 358 g/mol. The molecule has 2 heterocycles. The van der Waals surface area contributed by atoms with E-state index in [2.05, 4.69) is 10.2 Å². The van der Waals surface area contributed by atoms with Gasteiger partial charge in [0.1, 0.15) is 6.04 Å². The van der Waals surface area contributed by atoms with Gasteiger partial charge in [0, 0.05) is 18.5 Å². The second-order valence-corrected chi connectivity index (χ2v) is 6.62. The van der Waals surface area contributed by atoms with Crippen LogP contribution in [0.25, 0.3) is 0 Å². The highest BCUT2D eigenvalue weighted by Crippen LogP contribution is 2.34. The maximum Gasteiger partial charge on any atom is 0.274 e. The summed E-state index contributed by atoms with van der Waals surface area (Å²) in [6.45, 7) is 0.494. The Balaban J connectivity index is 1.65. The number of rotatable bonds is 5. The van der Waals surface area contributed by atoms with E-state index < -0.39 is 11.9 Å². The maximum absolute atomic E-state index is 12.8. The van der Waals surface area contributed by atoms with Crippen molar-refractivity contribution in [2.24, 2.45) is 0 Å². The standard InChI is InChI=1S/C21H19N3O4/c25-20(23-27)16-7-5-14(6-8-16)12-24-18-4-2-1-3-17(18)22-21(26)19(24)11-15-9-10-28-13-15/h1-10,13,19,27H,11-12H2,(H,22,26)(H,23,25)/t19-/m1/s1. The zero-order valence-electron chi connectivity index (χ0n) is 15.0. The Hall–Kier alpha value is -3.58. The highest BCUT2D eigenvalue weighted by atomic mass is 16.5. The number of carbonyl (C=O) groups excluding carboxylic acids is 2. The molecule has 0 saturated carbocycles. The normalized spacial score (nSPS) is 15.7. The predicted molar refractivity (Wildman–Crippen MR) is 103 cm³/mol. The first-order valence-electron chi connectivity index (χ1n) is 8.86. The first kappa shape index (κ1) is 17.8. The zero-order valence-corrected chi connectivity index (χ0v) is 15.0. The number of amides is 2. The summed E-state index contributed by atoms with van der Waals surface area (Å²) < 4.78 is 5.15. The number of hydrogen-bond acceptors (Lipinski definition) is 5. The quantitative estimate of drug-likeness (QED) is 0.469. The van der Waals surface area contributed by atoms with Crippen LogP contribution in [0.15, 0.2) is 71.5 Å². The molecule has 3 N–H and O–H groups in total. The number of benzene rings is 2. The van der Waals surface area contributed by atoms with E-state index in [0.717, 1.165) is 22.5 Å². The van der Waals surface area contributed by atoms with Crippen LogP contribution in [0.1, 0.15) is 21.5 Å². The number of anilines is 2. The third-order valence-corrected chi connectivity index (χ3v) is 4.83. The van der Waals surface area contributed by atoms with Gasteiger partial charge in [-0.3, -0.25) is 14.8 Å². The number of nitrogens with one attached hydrogen (secondary N) is 2. The summed E-state index contributed by atoms with van der Waals surface area (Å²) in [6.07, 6.45) is 3.76. The van der Waals surface area contributed by atoms with Crippen molar-refractivity contribution in [3.8, 4) is 0 Å². The van der Waals surface area contributed by atoms with Crippen LogP contribution in [0, 0.1) is 0 Å². The Morgan fingerprint density at radius 2 is 1.89 bits per heavy atom. The van der Waals surface area contributed by atoms with Gasteiger partial charge in [-0.25, -0.2) is 5.48 Å². The number of hydrogen-bond donors (Lipinski definition) is 3. The lowest BCUT2D eigenvalue weighted by molar-refractivity contribution is -0.117. The summed E-state index contributed by atoms with van der Waals surface area (Å²) in [6, 6.07) is 16.0. The molecule has 0 aliphatic carbocycles. The highest BCUT2D eigenvalue weighted by Gasteiger charge is 2.33. The second kappa shape index (κ2) is 7.58. The SMILES string of the molecule is O=C(NO)c1ccc(CN2c3ccccc3NC(=O)[C@H]2Cc2ccoc2)cc1. The number of fused-ring (bicyclic) bond motifs is 1. The van der Waals surface area contributed by atoms with Gasteiger partial charge >= 0.3 is 0 Å². The molecule has 0 spiro atoms. The van der Waals surface area contributed by atoms with Gasteiger partial charge in [0.05, 0.1) is 23.9 Å². The van der Waals surface area contributed by atoms with Crippen LogP contribution in [0.5, 0.6) is 0 Å². The third kappa shape index (κ3) is 3.47. The smallest absolute Gasteiger partial charge is 0.274 e. The average molecular weight is 377 g/mol. The highest BCUT2D eigenvalue weighted by molar-refractivity contribution is 6.03. The predicted octanol–water partition coefficient (Wildman–Crippen LogP) is 2.97. The number of nitrogens with zero attached hydrogens (tertiary/aromatic N) is 1. The van der Waals surface area contributed by atoms with Crippen LogP contribution < -0.4 is 15.7 Å². The van der Waals surface area contributed by atoms with Crippen LogP contribution in [-0.2, 0) is 17.8 Å². The van der Waals surface area contributed by atoms with Crippen molar-refractivity contribution in [3.63, 3.8) is 0 Å². The van der Waals surface area contributed by atoms with Gasteiger partial charge in [0.15, 0.2) is 0 Å². The molecule has 0 saturated heterocycles. The number of carbonyl (C=O) groups is 2. The molecule has 28 heavy (non-hydrogen) atoms. The molecule has 1 aliphatic heterocycles. The van der Waals surface area contributed by atoms with Crippen molar-refractivity contribution in [2.45, 2.75) is 19.0 Å². The molecule has 1 atom stereocenters. The lowest BCUT2D eigenvalue weighted by Crippen LogP contribution is -2.48. The van der Waals surface area contributed by atoms with Crippen LogP contribution in [0.3, 0.4) is 0 Å². The Bertz CT molecular complexity index is 983. The van der Waals surface area contributed by atoms with Gasteiger partial charge in [-0.2, -0.15) is 0 Å². The Morgan fingerprint density at radius 3 is 2.61 bits per heavy atom. The van der Waals surface area contributed by atoms with E-state index in [4.69, 9.17) is 9.62 Å². The summed E-state index contributed by atoms with van der Waals surface area (Å²) in [5.74, 6) is -0.636. The lowest BCUT2D eigenvalue weighted by Gasteiger charge is -2.38. The van der Waals surface area contributed by atoms with Gasteiger partial charge in [0.2, 0.25) is 5.91 Å². The van der Waals surface area contributed by atoms with Gasteiger partial charge in [-0.15, -0.1) is 0 Å². The van der Waals surface area contributed by atoms with Gasteiger partial charge in [-0.1, -0.05) is 24.3 Å². The molecule has 4 rings (SSSR count). The van der Waals surface area contributed by atoms with Crippen molar-refractivity contribution < 1.29 is 19.2 Å². The van der Waals surface area contributed by atoms with E-state index in [9.17, 15) is 9.59 Å². The number of para-hydroxylation sites is 2. The first-order valence-corrected chi connectivity index (χ1v) is 8.86. The molecule has 0 unspecified atom stereocenters. The summed E-state index contributed by atoms with van der Waals surface area (Å²) >= 11 is 0. The van der Waals surface area contributed by atoms with Crippen molar-refractivity contribution >= 4 is 23.2 Å². The third-order valence-electron chi connectivity index (χ3n) is 4.83. The fourth-order valence-electron chi connectivity index (χ4n) is 3.41. The molecule has 1 aromatic heterocycles. The van der Waals surface area contributed by atoms with E-state index in [0.29, 0.717) is 18.5 Å². The van der Waals surface area contributed by atoms with Crippen LogP contribution >= 0.6 is 0 Å². The number of furan rings is 1. The topological polar surface area (TPSA) is 94.8 Å². The minimum absolute atomic E-state index is 0.0730. The Labute approximate surface area is 161 Å². The molecule has 0 fully saturated rings. The van der Waals surface area contributed by atoms with Crippen molar-refractivity contribution in [1.82, 2.24) is 5.48 Å². The van der Waals surface area contributed by atoms with Gasteiger partial charge in [0.25, 0.3) is 5.91 Å². The molecular formula is C21H19N3O4. The minimum Gasteiger partial charge on any atom is -0.472 e. The van der Waals surface area contributed by atoms with Crippen LogP contribution in [0.2, 0.25) is 0 Å². The lowest BCUT2D eigenvalue weighted by atomic mass is 10.0. The first-order chi connectivity index (χ1) is 13.7. The molecule has 0 radical (unpaired) electrons. The molecule has 3 aromatic rings. The zero-order chi connectivity index (χ0) is 19.5. The summed E-state index contributed by atoms with van der Waals surface area (Å²) in [5.41, 5.74) is 5.57. The fourth-order valence-corrected chi connectivity index (χ4v) is 3.41. The maximum atomic E-state index is 12.8. The molecule has 2 amide bonds. The number of hydroxylamine groups is 1. The molecule has 2 aromatic carbocycles. The molecule has 7 heteroatoms. The molecule has 7 nitrogen and oxygen atoms in total. The van der Waals surface area contributed by atoms with E-state index in [1.807, 2.05) is 42.5 Å². The van der Waals surface area contributed by atoms with Crippen molar-refractivity contribution in [3.05, 3.63) is 83.8 Å². The second-order valence-electron chi connectivity index (χ2n) is 6.62. The van der Waals surface area contributed by atoms with Gasteiger partial charge in [-0.05, 0) is 41.5 Å². The van der Waals surface area contributed by atoms with E-state index in [1.54, 1.807) is 30.1 Å². The van der Waals surface area contributed by atoms with Crippen molar-refractivity contribution in [1.29, 1.82) is 0 Å².